The number of amides is 1. The molecule has 2 rings (SSSR count). The molecular formula is C17H16F3NO2S. The molecule has 0 spiro atoms. The Morgan fingerprint density at radius 1 is 1.12 bits per heavy atom. The number of halogens is 3. The summed E-state index contributed by atoms with van der Waals surface area (Å²) in [5, 5.41) is 2.64. The van der Waals surface area contributed by atoms with Gasteiger partial charge >= 0.3 is 6.36 Å². The van der Waals surface area contributed by atoms with Gasteiger partial charge in [0.15, 0.2) is 0 Å². The minimum atomic E-state index is -4.73. The van der Waals surface area contributed by atoms with Gasteiger partial charge in [-0.1, -0.05) is 17.7 Å². The number of hydrogen-bond acceptors (Lipinski definition) is 3. The van der Waals surface area contributed by atoms with Crippen LogP contribution in [0.2, 0.25) is 0 Å². The Bertz CT molecular complexity index is 715. The Morgan fingerprint density at radius 3 is 2.38 bits per heavy atom. The third kappa shape index (κ3) is 5.81. The van der Waals surface area contributed by atoms with E-state index >= 15 is 0 Å². The topological polar surface area (TPSA) is 38.3 Å². The molecule has 1 amide bonds. The van der Waals surface area contributed by atoms with Crippen molar-refractivity contribution < 1.29 is 22.7 Å². The number of ether oxygens (including phenoxy) is 1. The summed E-state index contributed by atoms with van der Waals surface area (Å²) in [6.07, 6.45) is -4.73. The molecule has 24 heavy (non-hydrogen) atoms. The fraction of sp³-hybridized carbons (Fsp3) is 0.235. The second kappa shape index (κ2) is 7.61. The molecule has 0 atom stereocenters. The van der Waals surface area contributed by atoms with Crippen molar-refractivity contribution in [3.05, 3.63) is 53.6 Å². The molecular weight excluding hydrogens is 339 g/mol. The first-order chi connectivity index (χ1) is 11.2. The van der Waals surface area contributed by atoms with E-state index in [0.29, 0.717) is 5.69 Å². The zero-order valence-corrected chi connectivity index (χ0v) is 13.9. The fourth-order valence-corrected chi connectivity index (χ4v) is 2.85. The van der Waals surface area contributed by atoms with Gasteiger partial charge in [0.05, 0.1) is 5.75 Å². The van der Waals surface area contributed by atoms with Gasteiger partial charge in [-0.15, -0.1) is 24.9 Å². The molecule has 128 valence electrons. The van der Waals surface area contributed by atoms with Gasteiger partial charge < -0.3 is 10.1 Å². The van der Waals surface area contributed by atoms with Crippen molar-refractivity contribution in [2.75, 3.05) is 11.1 Å². The summed E-state index contributed by atoms with van der Waals surface area (Å²) in [5.41, 5.74) is 2.67. The van der Waals surface area contributed by atoms with Crippen LogP contribution in [0.25, 0.3) is 0 Å². The maximum atomic E-state index is 12.1. The number of nitrogens with one attached hydrogen (secondary N) is 1. The summed E-state index contributed by atoms with van der Waals surface area (Å²) in [7, 11) is 0. The molecule has 0 saturated heterocycles. The molecule has 0 aromatic heterocycles. The number of benzene rings is 2. The Hall–Kier alpha value is -2.15. The monoisotopic (exact) mass is 355 g/mol. The van der Waals surface area contributed by atoms with Gasteiger partial charge in [-0.25, -0.2) is 0 Å². The molecule has 2 aromatic rings. The van der Waals surface area contributed by atoms with Crippen molar-refractivity contribution in [1.82, 2.24) is 0 Å². The quantitative estimate of drug-likeness (QED) is 0.773. The second-order valence-corrected chi connectivity index (χ2v) is 6.20. The predicted molar refractivity (Wildman–Crippen MR) is 88.4 cm³/mol. The van der Waals surface area contributed by atoms with Crippen molar-refractivity contribution >= 4 is 23.4 Å². The number of carbonyl (C=O) groups excluding carboxylic acids is 1. The van der Waals surface area contributed by atoms with E-state index in [4.69, 9.17) is 0 Å². The van der Waals surface area contributed by atoms with Crippen LogP contribution in [0.5, 0.6) is 5.75 Å². The molecule has 0 saturated carbocycles. The maximum absolute atomic E-state index is 12.1. The highest BCUT2D eigenvalue weighted by atomic mass is 32.2. The smallest absolute Gasteiger partial charge is 0.406 e. The van der Waals surface area contributed by atoms with Crippen LogP contribution in [0, 0.1) is 13.8 Å². The van der Waals surface area contributed by atoms with E-state index in [0.717, 1.165) is 28.2 Å². The molecule has 0 heterocycles. The molecule has 0 bridgehead atoms. The molecule has 0 aliphatic carbocycles. The van der Waals surface area contributed by atoms with Gasteiger partial charge in [-0.3, -0.25) is 4.79 Å². The maximum Gasteiger partial charge on any atom is 0.573 e. The summed E-state index contributed by atoms with van der Waals surface area (Å²) in [5.74, 6) is -0.348. The second-order valence-electron chi connectivity index (χ2n) is 5.18. The molecule has 0 unspecified atom stereocenters. The third-order valence-electron chi connectivity index (χ3n) is 3.06. The van der Waals surface area contributed by atoms with Crippen molar-refractivity contribution in [3.8, 4) is 5.75 Å². The van der Waals surface area contributed by atoms with Crippen LogP contribution in [-0.4, -0.2) is 18.0 Å². The third-order valence-corrected chi connectivity index (χ3v) is 4.24. The average molecular weight is 355 g/mol. The SMILES string of the molecule is Cc1ccc(SCC(=O)Nc2ccc(OC(F)(F)F)cc2)c(C)c1. The van der Waals surface area contributed by atoms with E-state index in [1.165, 1.54) is 23.9 Å². The van der Waals surface area contributed by atoms with E-state index in [1.54, 1.807) is 0 Å². The molecule has 7 heteroatoms. The first-order valence-electron chi connectivity index (χ1n) is 7.09. The van der Waals surface area contributed by atoms with Gasteiger partial charge in [-0.05, 0) is 49.7 Å². The Labute approximate surface area is 142 Å². The lowest BCUT2D eigenvalue weighted by molar-refractivity contribution is -0.274. The van der Waals surface area contributed by atoms with Gasteiger partial charge in [0, 0.05) is 10.6 Å². The summed E-state index contributed by atoms with van der Waals surface area (Å²) in [6, 6.07) is 11.0. The zero-order chi connectivity index (χ0) is 17.7. The van der Waals surface area contributed by atoms with Crippen molar-refractivity contribution in [3.63, 3.8) is 0 Å². The summed E-state index contributed by atoms with van der Waals surface area (Å²) >= 11 is 1.41. The molecule has 0 fully saturated rings. The lowest BCUT2D eigenvalue weighted by Crippen LogP contribution is -2.17. The average Bonchev–Trinajstić information content (AvgIpc) is 2.47. The van der Waals surface area contributed by atoms with E-state index in [1.807, 2.05) is 32.0 Å². The van der Waals surface area contributed by atoms with E-state index in [2.05, 4.69) is 10.1 Å². The fourth-order valence-electron chi connectivity index (χ4n) is 2.04. The minimum absolute atomic E-state index is 0.213. The van der Waals surface area contributed by atoms with Crippen LogP contribution in [0.4, 0.5) is 18.9 Å². The largest absolute Gasteiger partial charge is 0.573 e. The number of anilines is 1. The normalized spacial score (nSPS) is 11.2. The molecule has 0 radical (unpaired) electrons. The number of carbonyl (C=O) groups is 1. The standard InChI is InChI=1S/C17H16F3NO2S/c1-11-3-8-15(12(2)9-11)24-10-16(22)21-13-4-6-14(7-5-13)23-17(18,19)20/h3-9H,10H2,1-2H3,(H,21,22). The van der Waals surface area contributed by atoms with Crippen LogP contribution in [0.1, 0.15) is 11.1 Å². The molecule has 0 aliphatic rings. The number of hydrogen-bond donors (Lipinski definition) is 1. The molecule has 0 aliphatic heterocycles. The summed E-state index contributed by atoms with van der Waals surface area (Å²) in [4.78, 5) is 13.0. The number of aryl methyl sites for hydroxylation is 2. The van der Waals surface area contributed by atoms with E-state index in [-0.39, 0.29) is 17.4 Å². The first kappa shape index (κ1) is 18.2. The minimum Gasteiger partial charge on any atom is -0.406 e. The Balaban J connectivity index is 1.88. The van der Waals surface area contributed by atoms with Crippen LogP contribution < -0.4 is 10.1 Å². The number of alkyl halides is 3. The zero-order valence-electron chi connectivity index (χ0n) is 13.1. The first-order valence-corrected chi connectivity index (χ1v) is 8.07. The number of rotatable bonds is 5. The van der Waals surface area contributed by atoms with Gasteiger partial charge in [0.25, 0.3) is 0 Å². The van der Waals surface area contributed by atoms with Crippen LogP contribution in [0.15, 0.2) is 47.4 Å². The van der Waals surface area contributed by atoms with Crippen LogP contribution in [-0.2, 0) is 4.79 Å². The Kier molecular flexibility index (Phi) is 5.77. The highest BCUT2D eigenvalue weighted by Crippen LogP contribution is 2.25. The van der Waals surface area contributed by atoms with Crippen LogP contribution >= 0.6 is 11.8 Å². The van der Waals surface area contributed by atoms with Gasteiger partial charge in [-0.2, -0.15) is 0 Å². The van der Waals surface area contributed by atoms with E-state index in [9.17, 15) is 18.0 Å². The van der Waals surface area contributed by atoms with Crippen molar-refractivity contribution in [2.45, 2.75) is 25.1 Å². The van der Waals surface area contributed by atoms with Gasteiger partial charge in [0.2, 0.25) is 5.91 Å². The highest BCUT2D eigenvalue weighted by Gasteiger charge is 2.30. The van der Waals surface area contributed by atoms with Crippen molar-refractivity contribution in [2.24, 2.45) is 0 Å². The lowest BCUT2D eigenvalue weighted by Gasteiger charge is -2.10. The molecule has 3 nitrogen and oxygen atoms in total. The lowest BCUT2D eigenvalue weighted by atomic mass is 10.2. The van der Waals surface area contributed by atoms with Gasteiger partial charge in [0.1, 0.15) is 5.75 Å². The van der Waals surface area contributed by atoms with E-state index < -0.39 is 6.36 Å². The van der Waals surface area contributed by atoms with Crippen LogP contribution in [0.3, 0.4) is 0 Å². The predicted octanol–water partition coefficient (Wildman–Crippen LogP) is 4.93. The molecule has 2 aromatic carbocycles. The summed E-state index contributed by atoms with van der Waals surface area (Å²) in [6.45, 7) is 3.98. The molecule has 1 N–H and O–H groups in total. The highest BCUT2D eigenvalue weighted by molar-refractivity contribution is 8.00. The van der Waals surface area contributed by atoms with Crippen molar-refractivity contribution in [1.29, 1.82) is 0 Å². The number of thioether (sulfide) groups is 1. The Morgan fingerprint density at radius 2 is 1.79 bits per heavy atom. The summed E-state index contributed by atoms with van der Waals surface area (Å²) < 4.78 is 40.0.